The summed E-state index contributed by atoms with van der Waals surface area (Å²) in [5.41, 5.74) is 2.83. The van der Waals surface area contributed by atoms with Crippen LogP contribution in [0.4, 0.5) is 0 Å². The van der Waals surface area contributed by atoms with E-state index in [0.29, 0.717) is 6.42 Å². The summed E-state index contributed by atoms with van der Waals surface area (Å²) >= 11 is 1.76. The molecule has 1 atom stereocenters. The van der Waals surface area contributed by atoms with Crippen LogP contribution in [0.25, 0.3) is 0 Å². The molecule has 0 radical (unpaired) electrons. The lowest BCUT2D eigenvalue weighted by Crippen LogP contribution is -2.16. The van der Waals surface area contributed by atoms with E-state index in [9.17, 15) is 9.90 Å². The zero-order chi connectivity index (χ0) is 14.1. The molecule has 0 saturated carbocycles. The molecular formula is C17H16O2S. The van der Waals surface area contributed by atoms with E-state index in [1.807, 2.05) is 24.3 Å². The summed E-state index contributed by atoms with van der Waals surface area (Å²) in [4.78, 5) is 13.9. The standard InChI is InChI=1S/C17H16O2S/c1-11(18)8-12-6-7-13-10-20-16-5-3-2-4-14(16)17(19)15(13)9-12/h2-3,5-7,9,14,18H,1,4,8,10H2. The van der Waals surface area contributed by atoms with E-state index < -0.39 is 0 Å². The molecule has 0 bridgehead atoms. The molecule has 0 amide bonds. The number of thioether (sulfide) groups is 1. The van der Waals surface area contributed by atoms with Crippen LogP contribution in [0.3, 0.4) is 0 Å². The smallest absolute Gasteiger partial charge is 0.171 e. The van der Waals surface area contributed by atoms with Crippen LogP contribution in [-0.2, 0) is 12.2 Å². The Morgan fingerprint density at radius 2 is 2.30 bits per heavy atom. The third-order valence-electron chi connectivity index (χ3n) is 3.67. The summed E-state index contributed by atoms with van der Waals surface area (Å²) < 4.78 is 0. The number of hydrogen-bond acceptors (Lipinski definition) is 3. The molecule has 0 aromatic heterocycles. The van der Waals surface area contributed by atoms with Gasteiger partial charge < -0.3 is 5.11 Å². The number of Topliss-reactive ketones (excluding diaryl/α,β-unsaturated/α-hetero) is 1. The molecular weight excluding hydrogens is 268 g/mol. The number of carbonyl (C=O) groups excluding carboxylic acids is 1. The van der Waals surface area contributed by atoms with E-state index in [2.05, 4.69) is 18.7 Å². The van der Waals surface area contributed by atoms with Gasteiger partial charge in [-0.25, -0.2) is 0 Å². The monoisotopic (exact) mass is 284 g/mol. The second-order valence-electron chi connectivity index (χ2n) is 5.17. The van der Waals surface area contributed by atoms with Crippen molar-refractivity contribution in [1.82, 2.24) is 0 Å². The van der Waals surface area contributed by atoms with Crippen molar-refractivity contribution in [3.05, 3.63) is 70.4 Å². The second-order valence-corrected chi connectivity index (χ2v) is 6.22. The fraction of sp³-hybridized carbons (Fsp3) is 0.235. The first-order chi connectivity index (χ1) is 9.65. The number of aliphatic hydroxyl groups is 1. The second kappa shape index (κ2) is 5.33. The molecule has 102 valence electrons. The lowest BCUT2D eigenvalue weighted by Gasteiger charge is -2.17. The first-order valence-electron chi connectivity index (χ1n) is 6.67. The summed E-state index contributed by atoms with van der Waals surface area (Å²) in [5.74, 6) is 1.13. The maximum atomic E-state index is 12.7. The SMILES string of the molecule is C=C(O)Cc1ccc2c(c1)C(=O)C1CC=CC=C1SC2. The van der Waals surface area contributed by atoms with E-state index in [-0.39, 0.29) is 17.5 Å². The van der Waals surface area contributed by atoms with E-state index >= 15 is 0 Å². The number of hydrogen-bond donors (Lipinski definition) is 1. The summed E-state index contributed by atoms with van der Waals surface area (Å²) in [7, 11) is 0. The highest BCUT2D eigenvalue weighted by molar-refractivity contribution is 8.02. The molecule has 0 fully saturated rings. The molecule has 1 unspecified atom stereocenters. The van der Waals surface area contributed by atoms with Gasteiger partial charge in [0.25, 0.3) is 0 Å². The van der Waals surface area contributed by atoms with Crippen molar-refractivity contribution in [2.45, 2.75) is 18.6 Å². The van der Waals surface area contributed by atoms with Crippen LogP contribution >= 0.6 is 11.8 Å². The largest absolute Gasteiger partial charge is 0.513 e. The number of aliphatic hydroxyl groups excluding tert-OH is 1. The number of rotatable bonds is 2. The van der Waals surface area contributed by atoms with Crippen LogP contribution in [-0.4, -0.2) is 10.9 Å². The van der Waals surface area contributed by atoms with Crippen LogP contribution in [0.1, 0.15) is 27.9 Å². The maximum absolute atomic E-state index is 12.7. The average Bonchev–Trinajstić information content (AvgIpc) is 2.57. The van der Waals surface area contributed by atoms with E-state index in [4.69, 9.17) is 0 Å². The van der Waals surface area contributed by atoms with Gasteiger partial charge in [-0.2, -0.15) is 0 Å². The number of ketones is 1. The third-order valence-corrected chi connectivity index (χ3v) is 4.88. The Bertz CT molecular complexity index is 640. The molecule has 0 spiro atoms. The zero-order valence-corrected chi connectivity index (χ0v) is 12.0. The molecule has 20 heavy (non-hydrogen) atoms. The normalized spacial score (nSPS) is 20.7. The quantitative estimate of drug-likeness (QED) is 0.827. The molecule has 3 heteroatoms. The summed E-state index contributed by atoms with van der Waals surface area (Å²) in [6.45, 7) is 3.51. The molecule has 1 aliphatic carbocycles. The first kappa shape index (κ1) is 13.3. The van der Waals surface area contributed by atoms with E-state index in [1.165, 1.54) is 4.91 Å². The Hall–Kier alpha value is -1.74. The van der Waals surface area contributed by atoms with Crippen molar-refractivity contribution in [3.8, 4) is 0 Å². The van der Waals surface area contributed by atoms with Crippen molar-refractivity contribution in [3.63, 3.8) is 0 Å². The molecule has 1 aliphatic heterocycles. The van der Waals surface area contributed by atoms with Crippen LogP contribution in [0.15, 0.2) is 53.7 Å². The van der Waals surface area contributed by atoms with Gasteiger partial charge in [-0.05, 0) is 28.5 Å². The van der Waals surface area contributed by atoms with Crippen molar-refractivity contribution < 1.29 is 9.90 Å². The average molecular weight is 284 g/mol. The number of fused-ring (bicyclic) bond motifs is 2. The lowest BCUT2D eigenvalue weighted by molar-refractivity contribution is 0.0943. The molecule has 0 saturated heterocycles. The summed E-state index contributed by atoms with van der Waals surface area (Å²) in [6, 6.07) is 5.89. The maximum Gasteiger partial charge on any atom is 0.171 e. The van der Waals surface area contributed by atoms with Crippen LogP contribution in [0.5, 0.6) is 0 Å². The van der Waals surface area contributed by atoms with Crippen molar-refractivity contribution >= 4 is 17.5 Å². The van der Waals surface area contributed by atoms with Crippen LogP contribution in [0.2, 0.25) is 0 Å². The highest BCUT2D eigenvalue weighted by Crippen LogP contribution is 2.39. The lowest BCUT2D eigenvalue weighted by atomic mass is 9.88. The van der Waals surface area contributed by atoms with Crippen molar-refractivity contribution in [1.29, 1.82) is 0 Å². The van der Waals surface area contributed by atoms with Crippen molar-refractivity contribution in [2.24, 2.45) is 5.92 Å². The number of carbonyl (C=O) groups is 1. The van der Waals surface area contributed by atoms with Gasteiger partial charge in [-0.1, -0.05) is 36.9 Å². The minimum atomic E-state index is -0.0289. The number of benzene rings is 1. The van der Waals surface area contributed by atoms with Gasteiger partial charge in [0.1, 0.15) is 0 Å². The van der Waals surface area contributed by atoms with Crippen molar-refractivity contribution in [2.75, 3.05) is 0 Å². The van der Waals surface area contributed by atoms with E-state index in [1.54, 1.807) is 11.8 Å². The zero-order valence-electron chi connectivity index (χ0n) is 11.1. The Morgan fingerprint density at radius 3 is 3.10 bits per heavy atom. The fourth-order valence-corrected chi connectivity index (χ4v) is 3.82. The first-order valence-corrected chi connectivity index (χ1v) is 7.66. The van der Waals surface area contributed by atoms with Gasteiger partial charge in [0.2, 0.25) is 0 Å². The van der Waals surface area contributed by atoms with Gasteiger partial charge in [-0.15, -0.1) is 11.8 Å². The minimum absolute atomic E-state index is 0.0289. The minimum Gasteiger partial charge on any atom is -0.513 e. The molecule has 1 heterocycles. The van der Waals surface area contributed by atoms with Gasteiger partial charge >= 0.3 is 0 Å². The van der Waals surface area contributed by atoms with Gasteiger partial charge in [0.05, 0.1) is 11.7 Å². The van der Waals surface area contributed by atoms with E-state index in [0.717, 1.165) is 28.9 Å². The topological polar surface area (TPSA) is 37.3 Å². The highest BCUT2D eigenvalue weighted by atomic mass is 32.2. The van der Waals surface area contributed by atoms with Gasteiger partial charge in [0.15, 0.2) is 5.78 Å². The molecule has 1 aromatic carbocycles. The molecule has 2 nitrogen and oxygen atoms in total. The molecule has 3 rings (SSSR count). The Labute approximate surface area is 122 Å². The predicted octanol–water partition coefficient (Wildman–Crippen LogP) is 4.19. The third kappa shape index (κ3) is 2.46. The Morgan fingerprint density at radius 1 is 1.45 bits per heavy atom. The Kier molecular flexibility index (Phi) is 3.53. The predicted molar refractivity (Wildman–Crippen MR) is 82.9 cm³/mol. The number of allylic oxidation sites excluding steroid dienone is 5. The fourth-order valence-electron chi connectivity index (χ4n) is 2.67. The van der Waals surface area contributed by atoms with Crippen LogP contribution < -0.4 is 0 Å². The Balaban J connectivity index is 2.00. The van der Waals surface area contributed by atoms with Gasteiger partial charge in [0, 0.05) is 17.7 Å². The van der Waals surface area contributed by atoms with Gasteiger partial charge in [-0.3, -0.25) is 4.79 Å². The van der Waals surface area contributed by atoms with Crippen LogP contribution in [0, 0.1) is 5.92 Å². The summed E-state index contributed by atoms with van der Waals surface area (Å²) in [5, 5.41) is 9.32. The molecule has 2 aliphatic rings. The highest BCUT2D eigenvalue weighted by Gasteiger charge is 2.29. The molecule has 1 aromatic rings. The molecule has 1 N–H and O–H groups in total. The summed E-state index contributed by atoms with van der Waals surface area (Å²) in [6.07, 6.45) is 7.33.